The largest absolute Gasteiger partial charge is 0.462 e. The van der Waals surface area contributed by atoms with E-state index in [0.717, 1.165) is 38.1 Å². The van der Waals surface area contributed by atoms with Crippen molar-refractivity contribution >= 4 is 5.97 Å². The Morgan fingerprint density at radius 2 is 2.00 bits per heavy atom. The number of hydrogen-bond acceptors (Lipinski definition) is 4. The minimum absolute atomic E-state index is 0.00127. The fourth-order valence-electron chi connectivity index (χ4n) is 7.29. The molecule has 5 nitrogen and oxygen atoms in total. The Labute approximate surface area is 186 Å². The van der Waals surface area contributed by atoms with Crippen LogP contribution in [-0.2, 0) is 14.3 Å². The van der Waals surface area contributed by atoms with Crippen LogP contribution in [0.1, 0.15) is 57.6 Å². The maximum atomic E-state index is 12.9. The van der Waals surface area contributed by atoms with Crippen molar-refractivity contribution in [2.24, 2.45) is 29.1 Å². The van der Waals surface area contributed by atoms with Crippen molar-refractivity contribution in [3.05, 3.63) is 35.9 Å². The second-order valence-electron chi connectivity index (χ2n) is 11.3. The molecule has 2 saturated carbocycles. The topological polar surface area (TPSA) is 63.5 Å². The SMILES string of the molecule is C[C@H](C[NH+](C)C[C@H]1C(=O)O[C@@H]2C[C@@]3(C)CCC[C@]4(CO4)[C@@H]3C[C@@H]21)[C@@H](O)c1ccccc1. The van der Waals surface area contributed by atoms with Gasteiger partial charge in [0.25, 0.3) is 0 Å². The summed E-state index contributed by atoms with van der Waals surface area (Å²) in [6, 6.07) is 9.87. The van der Waals surface area contributed by atoms with Crippen molar-refractivity contribution < 1.29 is 24.3 Å². The first-order valence-corrected chi connectivity index (χ1v) is 12.2. The van der Waals surface area contributed by atoms with Gasteiger partial charge in [-0.1, -0.05) is 44.2 Å². The van der Waals surface area contributed by atoms with Gasteiger partial charge in [-0.15, -0.1) is 0 Å². The molecule has 1 aromatic rings. The van der Waals surface area contributed by atoms with Crippen LogP contribution in [-0.4, -0.2) is 49.5 Å². The number of benzene rings is 1. The first-order valence-electron chi connectivity index (χ1n) is 12.2. The van der Waals surface area contributed by atoms with E-state index in [1.54, 1.807) is 0 Å². The normalized spacial score (nSPS) is 41.7. The minimum Gasteiger partial charge on any atom is -0.462 e. The summed E-state index contributed by atoms with van der Waals surface area (Å²) < 4.78 is 12.0. The molecule has 9 atom stereocenters. The number of aliphatic hydroxyl groups excluding tert-OH is 1. The van der Waals surface area contributed by atoms with Crippen LogP contribution in [0.2, 0.25) is 0 Å². The molecule has 4 fully saturated rings. The summed E-state index contributed by atoms with van der Waals surface area (Å²) in [5.74, 6) is 0.957. The summed E-state index contributed by atoms with van der Waals surface area (Å²) in [6.45, 7) is 7.01. The Hall–Kier alpha value is -1.43. The van der Waals surface area contributed by atoms with Gasteiger partial charge in [-0.05, 0) is 49.0 Å². The van der Waals surface area contributed by atoms with Gasteiger partial charge in [0, 0.05) is 11.8 Å². The predicted molar refractivity (Wildman–Crippen MR) is 117 cm³/mol. The zero-order chi connectivity index (χ0) is 21.8. The number of rotatable bonds is 6. The van der Waals surface area contributed by atoms with E-state index in [2.05, 4.69) is 20.9 Å². The smallest absolute Gasteiger partial charge is 0.315 e. The third kappa shape index (κ3) is 3.83. The lowest BCUT2D eigenvalue weighted by molar-refractivity contribution is -0.886. The summed E-state index contributed by atoms with van der Waals surface area (Å²) in [5, 5.41) is 10.7. The van der Waals surface area contributed by atoms with E-state index in [0.29, 0.717) is 11.8 Å². The number of aliphatic hydroxyl groups is 1. The highest BCUT2D eigenvalue weighted by Crippen LogP contribution is 2.62. The second kappa shape index (κ2) is 7.86. The van der Waals surface area contributed by atoms with Gasteiger partial charge in [0.15, 0.2) is 0 Å². The molecule has 2 aliphatic heterocycles. The molecular weight excluding hydrogens is 390 g/mol. The van der Waals surface area contributed by atoms with Crippen molar-refractivity contribution in [3.63, 3.8) is 0 Å². The molecule has 5 rings (SSSR count). The van der Waals surface area contributed by atoms with Crippen LogP contribution in [0, 0.1) is 29.1 Å². The molecule has 2 N–H and O–H groups in total. The molecule has 31 heavy (non-hydrogen) atoms. The van der Waals surface area contributed by atoms with E-state index in [-0.39, 0.29) is 34.9 Å². The number of epoxide rings is 1. The minimum atomic E-state index is -0.482. The quantitative estimate of drug-likeness (QED) is 0.540. The number of carbonyl (C=O) groups is 1. The van der Waals surface area contributed by atoms with Crippen LogP contribution in [0.15, 0.2) is 30.3 Å². The van der Waals surface area contributed by atoms with Crippen molar-refractivity contribution in [2.45, 2.75) is 63.8 Å². The van der Waals surface area contributed by atoms with Gasteiger partial charge < -0.3 is 19.5 Å². The highest BCUT2D eigenvalue weighted by Gasteiger charge is 2.65. The highest BCUT2D eigenvalue weighted by molar-refractivity contribution is 5.75. The van der Waals surface area contributed by atoms with Gasteiger partial charge >= 0.3 is 5.97 Å². The van der Waals surface area contributed by atoms with Crippen molar-refractivity contribution in [1.82, 2.24) is 0 Å². The molecular formula is C26H38NO4+. The molecule has 2 heterocycles. The van der Waals surface area contributed by atoms with Crippen LogP contribution >= 0.6 is 0 Å². The summed E-state index contributed by atoms with van der Waals surface area (Å²) in [4.78, 5) is 14.2. The third-order valence-corrected chi connectivity index (χ3v) is 9.00. The fourth-order valence-corrected chi connectivity index (χ4v) is 7.29. The number of carbonyl (C=O) groups excluding carboxylic acids is 1. The predicted octanol–water partition coefficient (Wildman–Crippen LogP) is 2.40. The van der Waals surface area contributed by atoms with Gasteiger partial charge in [0.2, 0.25) is 0 Å². The standard InChI is InChI=1S/C26H37NO4/c1-17(23(28)18-8-5-4-6-9-18)14-27(3)15-20-19-12-22-25(2,13-21(19)31-24(20)29)10-7-11-26(22)16-30-26/h4-6,8-9,17,19-23,28H,7,10-16H2,1-3H3/p+1/t17-,19-,20-,21-,22-,23-,25-,26+/m1/s1. The molecule has 5 heteroatoms. The maximum absolute atomic E-state index is 12.9. The Balaban J connectivity index is 1.24. The van der Waals surface area contributed by atoms with Crippen LogP contribution in [0.4, 0.5) is 0 Å². The van der Waals surface area contributed by atoms with E-state index in [1.807, 2.05) is 30.3 Å². The third-order valence-electron chi connectivity index (χ3n) is 9.00. The number of nitrogens with one attached hydrogen (secondary N) is 1. The first-order chi connectivity index (χ1) is 14.8. The number of fused-ring (bicyclic) bond motifs is 3. The molecule has 0 amide bonds. The second-order valence-corrected chi connectivity index (χ2v) is 11.3. The average Bonchev–Trinajstić information content (AvgIpc) is 3.45. The highest BCUT2D eigenvalue weighted by atomic mass is 16.6. The zero-order valence-electron chi connectivity index (χ0n) is 19.2. The summed E-state index contributed by atoms with van der Waals surface area (Å²) in [6.07, 6.45) is 5.30. The van der Waals surface area contributed by atoms with Crippen LogP contribution in [0.3, 0.4) is 0 Å². The lowest BCUT2D eigenvalue weighted by Gasteiger charge is -2.51. The molecule has 1 aromatic carbocycles. The molecule has 0 bridgehead atoms. The Morgan fingerprint density at radius 3 is 2.71 bits per heavy atom. The fraction of sp³-hybridized carbons (Fsp3) is 0.731. The van der Waals surface area contributed by atoms with E-state index < -0.39 is 6.10 Å². The van der Waals surface area contributed by atoms with Crippen molar-refractivity contribution in [1.29, 1.82) is 0 Å². The molecule has 2 saturated heterocycles. The molecule has 0 radical (unpaired) electrons. The number of hydrogen-bond donors (Lipinski definition) is 2. The van der Waals surface area contributed by atoms with E-state index in [4.69, 9.17) is 9.47 Å². The van der Waals surface area contributed by atoms with Crippen LogP contribution < -0.4 is 4.90 Å². The molecule has 170 valence electrons. The maximum Gasteiger partial charge on any atom is 0.315 e. The van der Waals surface area contributed by atoms with E-state index >= 15 is 0 Å². The number of esters is 1. The average molecular weight is 429 g/mol. The lowest BCUT2D eigenvalue weighted by Crippen LogP contribution is -3.10. The van der Waals surface area contributed by atoms with Gasteiger partial charge in [-0.25, -0.2) is 0 Å². The van der Waals surface area contributed by atoms with Crippen LogP contribution in [0.25, 0.3) is 0 Å². The molecule has 2 aliphatic carbocycles. The van der Waals surface area contributed by atoms with E-state index in [9.17, 15) is 9.90 Å². The van der Waals surface area contributed by atoms with Gasteiger partial charge in [-0.3, -0.25) is 4.79 Å². The first kappa shape index (κ1) is 21.4. The van der Waals surface area contributed by atoms with Gasteiger partial charge in [0.1, 0.15) is 12.0 Å². The van der Waals surface area contributed by atoms with Crippen LogP contribution in [0.5, 0.6) is 0 Å². The van der Waals surface area contributed by atoms with Crippen molar-refractivity contribution in [2.75, 3.05) is 26.7 Å². The van der Waals surface area contributed by atoms with Crippen molar-refractivity contribution in [3.8, 4) is 0 Å². The molecule has 1 spiro atoms. The lowest BCUT2D eigenvalue weighted by atomic mass is 9.53. The summed E-state index contributed by atoms with van der Waals surface area (Å²) >= 11 is 0. The monoisotopic (exact) mass is 428 g/mol. The van der Waals surface area contributed by atoms with E-state index in [1.165, 1.54) is 24.2 Å². The Morgan fingerprint density at radius 1 is 1.26 bits per heavy atom. The zero-order valence-corrected chi connectivity index (χ0v) is 19.2. The molecule has 1 unspecified atom stereocenters. The van der Waals surface area contributed by atoms with Gasteiger partial charge in [0.05, 0.1) is 38.4 Å². The molecule has 4 aliphatic rings. The summed E-state index contributed by atoms with van der Waals surface area (Å²) in [7, 11) is 2.15. The number of quaternary nitrogens is 1. The van der Waals surface area contributed by atoms with Gasteiger partial charge in [-0.2, -0.15) is 0 Å². The molecule has 0 aromatic heterocycles. The number of ether oxygens (including phenoxy) is 2. The Bertz CT molecular complexity index is 809. The summed E-state index contributed by atoms with van der Waals surface area (Å²) in [5.41, 5.74) is 1.31. The Kier molecular flexibility index (Phi) is 5.43.